The Bertz CT molecular complexity index is 1110. The van der Waals surface area contributed by atoms with Gasteiger partial charge in [0.15, 0.2) is 0 Å². The van der Waals surface area contributed by atoms with Gasteiger partial charge in [0.1, 0.15) is 13.2 Å². The van der Waals surface area contributed by atoms with Crippen molar-refractivity contribution in [2.75, 3.05) is 40.9 Å². The number of carbonyl (C=O) groups is 1. The smallest absolute Gasteiger partial charge is 0.268 e. The molecule has 9 heteroatoms. The monoisotopic (exact) mass is 939 g/mol. The van der Waals surface area contributed by atoms with Crippen molar-refractivity contribution in [3.05, 3.63) is 24.3 Å². The number of hydrogen-bond donors (Lipinski definition) is 2. The summed E-state index contributed by atoms with van der Waals surface area (Å²) in [6.45, 7) is 4.67. The van der Waals surface area contributed by atoms with E-state index in [2.05, 4.69) is 31.3 Å². The summed E-state index contributed by atoms with van der Waals surface area (Å²) in [5.74, 6) is -0.203. The number of quaternary nitrogens is 1. The summed E-state index contributed by atoms with van der Waals surface area (Å²) in [4.78, 5) is 25.4. The number of hydrogen-bond acceptors (Lipinski definition) is 6. The second-order valence-electron chi connectivity index (χ2n) is 20.6. The Kier molecular flexibility index (Phi) is 47.3. The van der Waals surface area contributed by atoms with Gasteiger partial charge in [-0.05, 0) is 44.9 Å². The summed E-state index contributed by atoms with van der Waals surface area (Å²) in [6, 6.07) is -0.889. The topological polar surface area (TPSA) is 108 Å². The first-order valence-electron chi connectivity index (χ1n) is 28.2. The van der Waals surface area contributed by atoms with Crippen LogP contribution in [0.1, 0.15) is 277 Å². The zero-order chi connectivity index (χ0) is 47.8. The molecule has 8 nitrogen and oxygen atoms in total. The van der Waals surface area contributed by atoms with E-state index in [1.807, 2.05) is 27.2 Å². The lowest BCUT2D eigenvalue weighted by Gasteiger charge is -2.29. The maximum absolute atomic E-state index is 12.9. The first-order chi connectivity index (χ1) is 31.5. The molecule has 0 bridgehead atoms. The van der Waals surface area contributed by atoms with E-state index in [-0.39, 0.29) is 19.1 Å². The molecular formula is C56H111N2O6P. The van der Waals surface area contributed by atoms with Gasteiger partial charge in [-0.15, -0.1) is 0 Å². The molecule has 3 atom stereocenters. The molecule has 0 fully saturated rings. The summed E-state index contributed by atoms with van der Waals surface area (Å²) >= 11 is 0. The van der Waals surface area contributed by atoms with Crippen LogP contribution in [0.2, 0.25) is 0 Å². The number of nitrogens with zero attached hydrogens (tertiary/aromatic N) is 1. The van der Waals surface area contributed by atoms with Gasteiger partial charge in [0, 0.05) is 6.42 Å². The molecule has 386 valence electrons. The van der Waals surface area contributed by atoms with Crippen LogP contribution < -0.4 is 10.2 Å². The van der Waals surface area contributed by atoms with Gasteiger partial charge in [0.05, 0.1) is 39.9 Å². The number of phosphoric ester groups is 1. The lowest BCUT2D eigenvalue weighted by molar-refractivity contribution is -0.870. The number of rotatable bonds is 52. The Morgan fingerprint density at radius 1 is 0.523 bits per heavy atom. The van der Waals surface area contributed by atoms with Crippen LogP contribution in [-0.2, 0) is 18.4 Å². The fraction of sp³-hybridized carbons (Fsp3) is 0.911. The van der Waals surface area contributed by atoms with Crippen LogP contribution in [0.5, 0.6) is 0 Å². The number of amides is 1. The normalized spacial score (nSPS) is 14.1. The molecule has 0 saturated carbocycles. The number of likely N-dealkylation sites (N-methyl/N-ethyl adjacent to an activating group) is 1. The standard InChI is InChI=1S/C56H111N2O6P/c1-6-8-10-12-14-16-18-20-22-24-25-26-27-28-29-30-31-32-33-34-35-37-39-41-43-45-47-49-55(59)54(53-64-65(61,62)63-52-51-58(3,4)5)57-56(60)50-48-46-44-42-40-38-36-23-21-19-17-15-13-11-9-7-2/h23,36,47,49,54-55,59H,6-22,24-35,37-46,48,50-53H2,1-5H3,(H-,57,60,61,62)/b36-23-,49-47+. The summed E-state index contributed by atoms with van der Waals surface area (Å²) in [7, 11) is 1.27. The maximum Gasteiger partial charge on any atom is 0.268 e. The van der Waals surface area contributed by atoms with E-state index in [0.717, 1.165) is 51.4 Å². The van der Waals surface area contributed by atoms with Crippen molar-refractivity contribution in [2.45, 2.75) is 289 Å². The van der Waals surface area contributed by atoms with Crippen LogP contribution in [0.4, 0.5) is 0 Å². The van der Waals surface area contributed by atoms with Crippen LogP contribution in [0.25, 0.3) is 0 Å². The van der Waals surface area contributed by atoms with E-state index in [1.54, 1.807) is 6.08 Å². The zero-order valence-electron chi connectivity index (χ0n) is 44.0. The van der Waals surface area contributed by atoms with Crippen molar-refractivity contribution in [1.82, 2.24) is 5.32 Å². The minimum Gasteiger partial charge on any atom is -0.756 e. The molecule has 0 heterocycles. The molecule has 0 aliphatic heterocycles. The molecule has 65 heavy (non-hydrogen) atoms. The van der Waals surface area contributed by atoms with E-state index in [9.17, 15) is 19.4 Å². The highest BCUT2D eigenvalue weighted by Gasteiger charge is 2.23. The number of aliphatic hydroxyl groups is 1. The second kappa shape index (κ2) is 48.0. The van der Waals surface area contributed by atoms with Crippen molar-refractivity contribution < 1.29 is 32.9 Å². The van der Waals surface area contributed by atoms with E-state index in [0.29, 0.717) is 17.4 Å². The number of phosphoric acid groups is 1. The fourth-order valence-corrected chi connectivity index (χ4v) is 9.17. The third kappa shape index (κ3) is 50.7. The largest absolute Gasteiger partial charge is 0.756 e. The number of nitrogens with one attached hydrogen (secondary N) is 1. The van der Waals surface area contributed by atoms with Gasteiger partial charge in [0.2, 0.25) is 5.91 Å². The summed E-state index contributed by atoms with van der Waals surface area (Å²) < 4.78 is 23.3. The molecule has 0 aromatic heterocycles. The van der Waals surface area contributed by atoms with Gasteiger partial charge in [0.25, 0.3) is 7.82 Å². The Morgan fingerprint density at radius 3 is 1.20 bits per heavy atom. The number of aliphatic hydroxyl groups excluding tert-OH is 1. The molecule has 2 N–H and O–H groups in total. The van der Waals surface area contributed by atoms with Gasteiger partial charge >= 0.3 is 0 Å². The quantitative estimate of drug-likeness (QED) is 0.0272. The number of allylic oxidation sites excluding steroid dienone is 3. The van der Waals surface area contributed by atoms with Gasteiger partial charge < -0.3 is 28.8 Å². The summed E-state index contributed by atoms with van der Waals surface area (Å²) in [5.41, 5.74) is 0. The minimum atomic E-state index is -4.59. The predicted octanol–water partition coefficient (Wildman–Crippen LogP) is 16.2. The molecule has 1 amide bonds. The molecule has 0 saturated heterocycles. The first kappa shape index (κ1) is 64.0. The van der Waals surface area contributed by atoms with Crippen molar-refractivity contribution >= 4 is 13.7 Å². The third-order valence-corrected chi connectivity index (χ3v) is 13.9. The molecule has 0 spiro atoms. The molecule has 3 unspecified atom stereocenters. The number of unbranched alkanes of at least 4 members (excludes halogenated alkanes) is 37. The molecule has 0 aromatic carbocycles. The van der Waals surface area contributed by atoms with E-state index < -0.39 is 20.0 Å². The lowest BCUT2D eigenvalue weighted by Crippen LogP contribution is -2.45. The SMILES string of the molecule is CCCCCCCCC/C=C\CCCCCCCC(=O)NC(COP(=O)([O-])OCC[N+](C)(C)C)C(O)/C=C/CCCCCCCCCCCCCCCCCCCCCCCCCCC. The highest BCUT2D eigenvalue weighted by molar-refractivity contribution is 7.45. The maximum atomic E-state index is 12.9. The average molecular weight is 939 g/mol. The van der Waals surface area contributed by atoms with Crippen molar-refractivity contribution in [2.24, 2.45) is 0 Å². The average Bonchev–Trinajstić information content (AvgIpc) is 3.26. The van der Waals surface area contributed by atoms with Crippen LogP contribution >= 0.6 is 7.82 Å². The van der Waals surface area contributed by atoms with Crippen molar-refractivity contribution in [3.63, 3.8) is 0 Å². The molecule has 0 radical (unpaired) electrons. The van der Waals surface area contributed by atoms with Crippen molar-refractivity contribution in [1.29, 1.82) is 0 Å². The van der Waals surface area contributed by atoms with E-state index in [1.165, 1.54) is 205 Å². The van der Waals surface area contributed by atoms with Gasteiger partial charge in [-0.2, -0.15) is 0 Å². The lowest BCUT2D eigenvalue weighted by atomic mass is 10.0. The molecule has 0 aromatic rings. The minimum absolute atomic E-state index is 0.00108. The van der Waals surface area contributed by atoms with Gasteiger partial charge in [-0.25, -0.2) is 0 Å². The summed E-state index contributed by atoms with van der Waals surface area (Å²) in [6.07, 6.45) is 59.7. The Labute approximate surface area is 404 Å². The van der Waals surface area contributed by atoms with Gasteiger partial charge in [-0.3, -0.25) is 9.36 Å². The van der Waals surface area contributed by atoms with E-state index in [4.69, 9.17) is 9.05 Å². The van der Waals surface area contributed by atoms with Crippen LogP contribution in [0.15, 0.2) is 24.3 Å². The molecular weight excluding hydrogens is 828 g/mol. The zero-order valence-corrected chi connectivity index (χ0v) is 44.9. The molecule has 0 aliphatic carbocycles. The third-order valence-electron chi connectivity index (χ3n) is 12.9. The first-order valence-corrected chi connectivity index (χ1v) is 29.7. The highest BCUT2D eigenvalue weighted by Crippen LogP contribution is 2.38. The highest BCUT2D eigenvalue weighted by atomic mass is 31.2. The Morgan fingerprint density at radius 2 is 0.846 bits per heavy atom. The Balaban J connectivity index is 4.18. The summed E-state index contributed by atoms with van der Waals surface area (Å²) in [5, 5.41) is 13.9. The van der Waals surface area contributed by atoms with Crippen molar-refractivity contribution in [3.8, 4) is 0 Å². The van der Waals surface area contributed by atoms with E-state index >= 15 is 0 Å². The van der Waals surface area contributed by atoms with Crippen LogP contribution in [-0.4, -0.2) is 68.5 Å². The second-order valence-corrected chi connectivity index (χ2v) is 22.1. The fourth-order valence-electron chi connectivity index (χ4n) is 8.44. The Hall–Kier alpha value is -1.02. The molecule has 0 rings (SSSR count). The number of carbonyl (C=O) groups excluding carboxylic acids is 1. The van der Waals surface area contributed by atoms with Crippen LogP contribution in [0, 0.1) is 0 Å². The van der Waals surface area contributed by atoms with Crippen LogP contribution in [0.3, 0.4) is 0 Å². The van der Waals surface area contributed by atoms with Gasteiger partial charge in [-0.1, -0.05) is 250 Å². The molecule has 0 aliphatic rings. The predicted molar refractivity (Wildman–Crippen MR) is 279 cm³/mol.